The maximum absolute atomic E-state index is 11.6. The van der Waals surface area contributed by atoms with Crippen LogP contribution in [0.5, 0.6) is 0 Å². The highest BCUT2D eigenvalue weighted by Gasteiger charge is 2.14. The molecule has 0 fully saturated rings. The Balaban J connectivity index is 2.67. The number of anilines is 1. The molecule has 0 spiro atoms. The van der Waals surface area contributed by atoms with Gasteiger partial charge in [-0.05, 0) is 24.6 Å². The predicted molar refractivity (Wildman–Crippen MR) is 66.1 cm³/mol. The number of carbonyl (C=O) groups is 1. The Morgan fingerprint density at radius 2 is 2.33 bits per heavy atom. The highest BCUT2D eigenvalue weighted by atomic mass is 32.1. The fourth-order valence-electron chi connectivity index (χ4n) is 1.31. The normalized spacial score (nSPS) is 12.1. The Morgan fingerprint density at radius 3 is 2.93 bits per heavy atom. The molecule has 0 aliphatic rings. The predicted octanol–water partition coefficient (Wildman–Crippen LogP) is 1.42. The molecule has 1 rings (SSSR count). The van der Waals surface area contributed by atoms with Gasteiger partial charge in [0, 0.05) is 18.0 Å². The molecule has 0 aliphatic heterocycles. The number of nitrogen functional groups attached to an aromatic ring is 1. The molecule has 0 aromatic heterocycles. The summed E-state index contributed by atoms with van der Waals surface area (Å²) in [5.74, 6) is 0.484. The second-order valence-electron chi connectivity index (χ2n) is 3.41. The summed E-state index contributed by atoms with van der Waals surface area (Å²) in [4.78, 5) is 11.6. The largest absolute Gasteiger partial charge is 0.399 e. The zero-order valence-corrected chi connectivity index (χ0v) is 9.63. The van der Waals surface area contributed by atoms with Gasteiger partial charge in [0.15, 0.2) is 0 Å². The highest BCUT2D eigenvalue weighted by Crippen LogP contribution is 2.17. The van der Waals surface area contributed by atoms with Crippen molar-refractivity contribution in [3.8, 4) is 0 Å². The number of thiol groups is 1. The summed E-state index contributed by atoms with van der Waals surface area (Å²) in [6.07, 6.45) is 0. The number of benzene rings is 1. The summed E-state index contributed by atoms with van der Waals surface area (Å²) < 4.78 is 0. The second-order valence-corrected chi connectivity index (χ2v) is 3.85. The molecule has 82 valence electrons. The van der Waals surface area contributed by atoms with Gasteiger partial charge in [-0.3, -0.25) is 4.79 Å². The van der Waals surface area contributed by atoms with Crippen LogP contribution in [0.15, 0.2) is 24.3 Å². The van der Waals surface area contributed by atoms with Crippen LogP contribution in [0.1, 0.15) is 18.4 Å². The van der Waals surface area contributed by atoms with Crippen molar-refractivity contribution in [3.05, 3.63) is 29.8 Å². The van der Waals surface area contributed by atoms with Crippen molar-refractivity contribution < 1.29 is 4.79 Å². The van der Waals surface area contributed by atoms with Crippen molar-refractivity contribution in [2.24, 2.45) is 0 Å². The SMILES string of the molecule is CC(C(=O)NCCS)c1cccc(N)c1. The third-order valence-electron chi connectivity index (χ3n) is 2.22. The monoisotopic (exact) mass is 224 g/mol. The van der Waals surface area contributed by atoms with E-state index in [0.29, 0.717) is 18.0 Å². The van der Waals surface area contributed by atoms with E-state index in [9.17, 15) is 4.79 Å². The van der Waals surface area contributed by atoms with Gasteiger partial charge < -0.3 is 11.1 Å². The van der Waals surface area contributed by atoms with E-state index in [-0.39, 0.29) is 11.8 Å². The van der Waals surface area contributed by atoms with Crippen LogP contribution in [0.4, 0.5) is 5.69 Å². The summed E-state index contributed by atoms with van der Waals surface area (Å²) >= 11 is 4.03. The molecule has 1 aromatic carbocycles. The van der Waals surface area contributed by atoms with Crippen molar-refractivity contribution in [1.29, 1.82) is 0 Å². The molecule has 1 aromatic rings. The maximum atomic E-state index is 11.6. The van der Waals surface area contributed by atoms with E-state index in [1.54, 1.807) is 0 Å². The number of nitrogens with two attached hydrogens (primary N) is 1. The van der Waals surface area contributed by atoms with Crippen LogP contribution < -0.4 is 11.1 Å². The lowest BCUT2D eigenvalue weighted by Crippen LogP contribution is -2.29. The average molecular weight is 224 g/mol. The first kappa shape index (κ1) is 11.9. The molecule has 0 aliphatic carbocycles. The number of carbonyl (C=O) groups excluding carboxylic acids is 1. The van der Waals surface area contributed by atoms with Gasteiger partial charge >= 0.3 is 0 Å². The second kappa shape index (κ2) is 5.66. The van der Waals surface area contributed by atoms with E-state index in [0.717, 1.165) is 5.56 Å². The van der Waals surface area contributed by atoms with Crippen molar-refractivity contribution >= 4 is 24.2 Å². The zero-order valence-electron chi connectivity index (χ0n) is 8.73. The van der Waals surface area contributed by atoms with Gasteiger partial charge in [0.05, 0.1) is 5.92 Å². The first-order valence-corrected chi connectivity index (χ1v) is 5.52. The number of rotatable bonds is 4. The lowest BCUT2D eigenvalue weighted by Gasteiger charge is -2.12. The third-order valence-corrected chi connectivity index (χ3v) is 2.44. The molecular formula is C11H16N2OS. The molecule has 0 radical (unpaired) electrons. The fourth-order valence-corrected chi connectivity index (χ4v) is 1.42. The van der Waals surface area contributed by atoms with Crippen molar-refractivity contribution in [2.75, 3.05) is 18.0 Å². The molecule has 1 atom stereocenters. The topological polar surface area (TPSA) is 55.1 Å². The summed E-state index contributed by atoms with van der Waals surface area (Å²) in [6.45, 7) is 2.46. The Bertz CT molecular complexity index is 341. The summed E-state index contributed by atoms with van der Waals surface area (Å²) in [7, 11) is 0. The molecule has 4 heteroatoms. The minimum Gasteiger partial charge on any atom is -0.399 e. The minimum atomic E-state index is -0.173. The average Bonchev–Trinajstić information content (AvgIpc) is 2.24. The van der Waals surface area contributed by atoms with Crippen LogP contribution >= 0.6 is 12.6 Å². The van der Waals surface area contributed by atoms with E-state index >= 15 is 0 Å². The van der Waals surface area contributed by atoms with Gasteiger partial charge in [-0.1, -0.05) is 12.1 Å². The van der Waals surface area contributed by atoms with E-state index in [2.05, 4.69) is 17.9 Å². The molecule has 0 bridgehead atoms. The highest BCUT2D eigenvalue weighted by molar-refractivity contribution is 7.80. The summed E-state index contributed by atoms with van der Waals surface area (Å²) in [5, 5.41) is 2.79. The molecule has 1 amide bonds. The third kappa shape index (κ3) is 3.47. The Morgan fingerprint density at radius 1 is 1.60 bits per heavy atom. The Kier molecular flexibility index (Phi) is 4.49. The van der Waals surface area contributed by atoms with Crippen LogP contribution in [-0.2, 0) is 4.79 Å². The van der Waals surface area contributed by atoms with Gasteiger partial charge in [0.25, 0.3) is 0 Å². The molecule has 0 saturated carbocycles. The summed E-state index contributed by atoms with van der Waals surface area (Å²) in [5.41, 5.74) is 7.27. The molecule has 3 nitrogen and oxygen atoms in total. The van der Waals surface area contributed by atoms with Crippen LogP contribution in [-0.4, -0.2) is 18.2 Å². The molecule has 3 N–H and O–H groups in total. The summed E-state index contributed by atoms with van der Waals surface area (Å²) in [6, 6.07) is 7.39. The number of nitrogens with one attached hydrogen (secondary N) is 1. The number of hydrogen-bond acceptors (Lipinski definition) is 3. The standard InChI is InChI=1S/C11H16N2OS/c1-8(11(14)13-5-6-15)9-3-2-4-10(12)7-9/h2-4,7-8,15H,5-6,12H2,1H3,(H,13,14). The lowest BCUT2D eigenvalue weighted by atomic mass is 10.00. The van der Waals surface area contributed by atoms with E-state index in [1.807, 2.05) is 31.2 Å². The smallest absolute Gasteiger partial charge is 0.227 e. The van der Waals surface area contributed by atoms with Gasteiger partial charge in [0.2, 0.25) is 5.91 Å². The van der Waals surface area contributed by atoms with Crippen molar-refractivity contribution in [3.63, 3.8) is 0 Å². The molecule has 0 heterocycles. The first-order chi connectivity index (χ1) is 7.15. The van der Waals surface area contributed by atoms with Gasteiger partial charge in [0.1, 0.15) is 0 Å². The van der Waals surface area contributed by atoms with Crippen LogP contribution in [0.2, 0.25) is 0 Å². The molecule has 0 saturated heterocycles. The minimum absolute atomic E-state index is 0.00894. The van der Waals surface area contributed by atoms with Crippen LogP contribution in [0.25, 0.3) is 0 Å². The van der Waals surface area contributed by atoms with Gasteiger partial charge in [-0.15, -0.1) is 0 Å². The quantitative estimate of drug-likeness (QED) is 0.535. The van der Waals surface area contributed by atoms with Crippen molar-refractivity contribution in [2.45, 2.75) is 12.8 Å². The van der Waals surface area contributed by atoms with Gasteiger partial charge in [-0.25, -0.2) is 0 Å². The Hall–Kier alpha value is -1.16. The van der Waals surface area contributed by atoms with Crippen molar-refractivity contribution in [1.82, 2.24) is 5.32 Å². The fraction of sp³-hybridized carbons (Fsp3) is 0.364. The zero-order chi connectivity index (χ0) is 11.3. The van der Waals surface area contributed by atoms with Crippen LogP contribution in [0.3, 0.4) is 0 Å². The van der Waals surface area contributed by atoms with E-state index in [4.69, 9.17) is 5.73 Å². The number of hydrogen-bond donors (Lipinski definition) is 3. The van der Waals surface area contributed by atoms with Crippen LogP contribution in [0, 0.1) is 0 Å². The molecule has 15 heavy (non-hydrogen) atoms. The lowest BCUT2D eigenvalue weighted by molar-refractivity contribution is -0.122. The van der Waals surface area contributed by atoms with E-state index < -0.39 is 0 Å². The maximum Gasteiger partial charge on any atom is 0.227 e. The first-order valence-electron chi connectivity index (χ1n) is 4.89. The molecule has 1 unspecified atom stereocenters. The number of amides is 1. The molecular weight excluding hydrogens is 208 g/mol. The van der Waals surface area contributed by atoms with E-state index in [1.165, 1.54) is 0 Å². The van der Waals surface area contributed by atoms with Gasteiger partial charge in [-0.2, -0.15) is 12.6 Å². The Labute approximate surface area is 95.5 Å².